The Morgan fingerprint density at radius 3 is 2.53 bits per heavy atom. The van der Waals surface area contributed by atoms with Crippen molar-refractivity contribution in [3.8, 4) is 17.6 Å². The van der Waals surface area contributed by atoms with Crippen molar-refractivity contribution in [1.29, 1.82) is 5.26 Å². The number of hydrogen-bond donors (Lipinski definition) is 0. The van der Waals surface area contributed by atoms with E-state index in [0.29, 0.717) is 5.92 Å². The van der Waals surface area contributed by atoms with Crippen LogP contribution in [0.4, 0.5) is 0 Å². The van der Waals surface area contributed by atoms with Gasteiger partial charge < -0.3 is 9.47 Å². The predicted octanol–water partition coefficient (Wildman–Crippen LogP) is 2.33. The molecule has 0 heterocycles. The first-order chi connectivity index (χ1) is 7.30. The molecular formula is C12H13NO2. The van der Waals surface area contributed by atoms with E-state index in [9.17, 15) is 0 Å². The van der Waals surface area contributed by atoms with Gasteiger partial charge in [-0.3, -0.25) is 0 Å². The summed E-state index contributed by atoms with van der Waals surface area (Å²) in [6, 6.07) is 8.13. The number of methoxy groups -OCH3 is 2. The van der Waals surface area contributed by atoms with Gasteiger partial charge in [0.05, 0.1) is 26.2 Å². The van der Waals surface area contributed by atoms with Gasteiger partial charge in [-0.1, -0.05) is 6.07 Å². The van der Waals surface area contributed by atoms with Gasteiger partial charge in [-0.25, -0.2) is 0 Å². The molecule has 0 spiro atoms. The molecule has 0 aromatic heterocycles. The summed E-state index contributed by atoms with van der Waals surface area (Å²) in [5.74, 6) is 2.03. The Morgan fingerprint density at radius 2 is 2.00 bits per heavy atom. The van der Waals surface area contributed by atoms with Crippen LogP contribution in [0.25, 0.3) is 0 Å². The quantitative estimate of drug-likeness (QED) is 0.757. The molecular weight excluding hydrogens is 190 g/mol. The molecule has 1 aromatic rings. The van der Waals surface area contributed by atoms with Gasteiger partial charge in [0, 0.05) is 5.92 Å². The van der Waals surface area contributed by atoms with E-state index in [2.05, 4.69) is 6.07 Å². The molecule has 1 aliphatic rings. The van der Waals surface area contributed by atoms with Gasteiger partial charge in [0.15, 0.2) is 11.5 Å². The fraction of sp³-hybridized carbons (Fsp3) is 0.417. The lowest BCUT2D eigenvalue weighted by molar-refractivity contribution is 0.354. The third kappa shape index (κ3) is 1.75. The molecule has 0 aliphatic heterocycles. The summed E-state index contributed by atoms with van der Waals surface area (Å²) < 4.78 is 10.4. The van der Waals surface area contributed by atoms with Crippen molar-refractivity contribution in [1.82, 2.24) is 0 Å². The van der Waals surface area contributed by atoms with Crippen LogP contribution in [0.2, 0.25) is 0 Å². The van der Waals surface area contributed by atoms with Crippen molar-refractivity contribution in [2.24, 2.45) is 5.92 Å². The summed E-state index contributed by atoms with van der Waals surface area (Å²) in [5.41, 5.74) is 1.17. The highest BCUT2D eigenvalue weighted by molar-refractivity contribution is 5.45. The molecule has 1 aliphatic carbocycles. The molecule has 3 nitrogen and oxygen atoms in total. The van der Waals surface area contributed by atoms with Gasteiger partial charge in [0.1, 0.15) is 0 Å². The van der Waals surface area contributed by atoms with E-state index in [4.69, 9.17) is 14.7 Å². The summed E-state index contributed by atoms with van der Waals surface area (Å²) in [5, 5.41) is 8.76. The minimum atomic E-state index is 0.183. The molecule has 1 saturated carbocycles. The second-order valence-corrected chi connectivity index (χ2v) is 3.69. The van der Waals surface area contributed by atoms with Crippen LogP contribution in [0.3, 0.4) is 0 Å². The van der Waals surface area contributed by atoms with Gasteiger partial charge >= 0.3 is 0 Å². The van der Waals surface area contributed by atoms with Gasteiger partial charge in [-0.05, 0) is 24.1 Å². The van der Waals surface area contributed by atoms with Gasteiger partial charge in [-0.2, -0.15) is 5.26 Å². The molecule has 15 heavy (non-hydrogen) atoms. The largest absolute Gasteiger partial charge is 0.493 e. The first kappa shape index (κ1) is 9.85. The molecule has 2 rings (SSSR count). The minimum Gasteiger partial charge on any atom is -0.493 e. The minimum absolute atomic E-state index is 0.183. The zero-order valence-electron chi connectivity index (χ0n) is 8.86. The lowest BCUT2D eigenvalue weighted by atomic mass is 10.1. The third-order valence-corrected chi connectivity index (χ3v) is 2.79. The standard InChI is InChI=1S/C12H13NO2/c1-14-11-4-3-8(6-12(11)15-2)10-5-9(10)7-13/h3-4,6,9-10H,5H2,1-2H3. The van der Waals surface area contributed by atoms with Crippen LogP contribution in [0.5, 0.6) is 11.5 Å². The van der Waals surface area contributed by atoms with Crippen LogP contribution in [-0.4, -0.2) is 14.2 Å². The normalized spacial score (nSPS) is 23.0. The molecule has 0 bridgehead atoms. The lowest BCUT2D eigenvalue weighted by Gasteiger charge is -2.08. The maximum Gasteiger partial charge on any atom is 0.160 e. The predicted molar refractivity (Wildman–Crippen MR) is 56.0 cm³/mol. The number of rotatable bonds is 3. The van der Waals surface area contributed by atoms with Crippen LogP contribution in [0, 0.1) is 17.2 Å². The Bertz CT molecular complexity index is 409. The summed E-state index contributed by atoms with van der Waals surface area (Å²) in [6.45, 7) is 0. The molecule has 78 valence electrons. The molecule has 1 fully saturated rings. The monoisotopic (exact) mass is 203 g/mol. The van der Waals surface area contributed by atoms with Crippen LogP contribution >= 0.6 is 0 Å². The maximum atomic E-state index is 8.76. The Kier molecular flexibility index (Phi) is 2.51. The molecule has 2 atom stereocenters. The van der Waals surface area contributed by atoms with E-state index in [0.717, 1.165) is 17.9 Å². The van der Waals surface area contributed by atoms with Crippen molar-refractivity contribution >= 4 is 0 Å². The van der Waals surface area contributed by atoms with Crippen molar-refractivity contribution in [3.05, 3.63) is 23.8 Å². The molecule has 0 amide bonds. The second kappa shape index (κ2) is 3.82. The average molecular weight is 203 g/mol. The smallest absolute Gasteiger partial charge is 0.160 e. The highest BCUT2D eigenvalue weighted by Gasteiger charge is 2.38. The van der Waals surface area contributed by atoms with Crippen molar-refractivity contribution < 1.29 is 9.47 Å². The average Bonchev–Trinajstić information content (AvgIpc) is 3.07. The van der Waals surface area contributed by atoms with E-state index in [-0.39, 0.29) is 5.92 Å². The number of hydrogen-bond acceptors (Lipinski definition) is 3. The molecule has 3 heteroatoms. The van der Waals surface area contributed by atoms with Crippen LogP contribution in [0.15, 0.2) is 18.2 Å². The van der Waals surface area contributed by atoms with Gasteiger partial charge in [0.25, 0.3) is 0 Å². The van der Waals surface area contributed by atoms with E-state index in [1.165, 1.54) is 5.56 Å². The van der Waals surface area contributed by atoms with Gasteiger partial charge in [0.2, 0.25) is 0 Å². The first-order valence-electron chi connectivity index (χ1n) is 4.91. The summed E-state index contributed by atoms with van der Waals surface area (Å²) in [6.07, 6.45) is 0.964. The highest BCUT2D eigenvalue weighted by Crippen LogP contribution is 2.48. The summed E-state index contributed by atoms with van der Waals surface area (Å²) in [4.78, 5) is 0. The lowest BCUT2D eigenvalue weighted by Crippen LogP contribution is -1.92. The van der Waals surface area contributed by atoms with E-state index >= 15 is 0 Å². The van der Waals surface area contributed by atoms with Gasteiger partial charge in [-0.15, -0.1) is 0 Å². The number of nitriles is 1. The molecule has 0 radical (unpaired) electrons. The summed E-state index contributed by atoms with van der Waals surface area (Å²) in [7, 11) is 3.24. The molecule has 2 unspecified atom stereocenters. The van der Waals surface area contributed by atoms with Crippen molar-refractivity contribution in [3.63, 3.8) is 0 Å². The zero-order chi connectivity index (χ0) is 10.8. The maximum absolute atomic E-state index is 8.76. The number of benzene rings is 1. The number of nitrogens with zero attached hydrogens (tertiary/aromatic N) is 1. The van der Waals surface area contributed by atoms with E-state index in [1.807, 2.05) is 18.2 Å². The second-order valence-electron chi connectivity index (χ2n) is 3.69. The van der Waals surface area contributed by atoms with Crippen LogP contribution < -0.4 is 9.47 Å². The summed E-state index contributed by atoms with van der Waals surface area (Å²) >= 11 is 0. The molecule has 1 aromatic carbocycles. The molecule has 0 saturated heterocycles. The highest BCUT2D eigenvalue weighted by atomic mass is 16.5. The third-order valence-electron chi connectivity index (χ3n) is 2.79. The number of ether oxygens (including phenoxy) is 2. The first-order valence-corrected chi connectivity index (χ1v) is 4.91. The Morgan fingerprint density at radius 1 is 1.27 bits per heavy atom. The fourth-order valence-corrected chi connectivity index (χ4v) is 1.79. The SMILES string of the molecule is COc1ccc(C2CC2C#N)cc1OC. The van der Waals surface area contributed by atoms with Crippen molar-refractivity contribution in [2.75, 3.05) is 14.2 Å². The Balaban J connectivity index is 2.25. The Hall–Kier alpha value is -1.69. The van der Waals surface area contributed by atoms with E-state index < -0.39 is 0 Å². The van der Waals surface area contributed by atoms with Crippen LogP contribution in [-0.2, 0) is 0 Å². The molecule has 0 N–H and O–H groups in total. The van der Waals surface area contributed by atoms with E-state index in [1.54, 1.807) is 14.2 Å². The van der Waals surface area contributed by atoms with Crippen LogP contribution in [0.1, 0.15) is 17.9 Å². The topological polar surface area (TPSA) is 42.2 Å². The zero-order valence-corrected chi connectivity index (χ0v) is 8.86. The Labute approximate surface area is 89.2 Å². The van der Waals surface area contributed by atoms with Crippen molar-refractivity contribution in [2.45, 2.75) is 12.3 Å². The fourth-order valence-electron chi connectivity index (χ4n) is 1.79.